The van der Waals surface area contributed by atoms with Crippen LogP contribution in [-0.2, 0) is 0 Å². The fourth-order valence-electron chi connectivity index (χ4n) is 2.75. The van der Waals surface area contributed by atoms with E-state index >= 15 is 0 Å². The Hall–Kier alpha value is -0.0900. The van der Waals surface area contributed by atoms with Crippen LogP contribution >= 0.6 is 27.5 Å². The van der Waals surface area contributed by atoms with Crippen LogP contribution in [-0.4, -0.2) is 24.5 Å². The van der Waals surface area contributed by atoms with Gasteiger partial charge in [-0.1, -0.05) is 34.5 Å². The van der Waals surface area contributed by atoms with Gasteiger partial charge in [-0.05, 0) is 49.1 Å². The Morgan fingerprint density at radius 2 is 2.33 bits per heavy atom. The molecule has 0 radical (unpaired) electrons. The summed E-state index contributed by atoms with van der Waals surface area (Å²) in [5.74, 6) is 0.755. The molecule has 18 heavy (non-hydrogen) atoms. The van der Waals surface area contributed by atoms with Crippen molar-refractivity contribution in [1.29, 1.82) is 0 Å². The third kappa shape index (κ3) is 3.27. The first-order valence-electron chi connectivity index (χ1n) is 6.51. The third-order valence-corrected chi connectivity index (χ3v) is 4.63. The van der Waals surface area contributed by atoms with Gasteiger partial charge in [0.25, 0.3) is 0 Å². The van der Waals surface area contributed by atoms with E-state index in [0.717, 1.165) is 28.5 Å². The van der Waals surface area contributed by atoms with Gasteiger partial charge >= 0.3 is 0 Å². The van der Waals surface area contributed by atoms with Gasteiger partial charge in [-0.3, -0.25) is 4.90 Å². The maximum absolute atomic E-state index is 6.11. The number of hydrogen-bond acceptors (Lipinski definition) is 2. The summed E-state index contributed by atoms with van der Waals surface area (Å²) in [6.45, 7) is 5.20. The highest BCUT2D eigenvalue weighted by Crippen LogP contribution is 2.32. The zero-order valence-electron chi connectivity index (χ0n) is 10.7. The van der Waals surface area contributed by atoms with Crippen LogP contribution in [0.2, 0.25) is 5.02 Å². The topological polar surface area (TPSA) is 29.3 Å². The number of piperidine rings is 1. The first-order chi connectivity index (χ1) is 8.61. The molecule has 0 saturated carbocycles. The van der Waals surface area contributed by atoms with Gasteiger partial charge in [0.2, 0.25) is 0 Å². The van der Waals surface area contributed by atoms with E-state index in [-0.39, 0.29) is 6.04 Å². The third-order valence-electron chi connectivity index (χ3n) is 3.67. The predicted octanol–water partition coefficient (Wildman–Crippen LogP) is 3.83. The Morgan fingerprint density at radius 1 is 1.56 bits per heavy atom. The number of likely N-dealkylation sites (tertiary alicyclic amines) is 1. The van der Waals surface area contributed by atoms with E-state index in [9.17, 15) is 0 Å². The summed E-state index contributed by atoms with van der Waals surface area (Å²) in [6, 6.07) is 6.21. The first kappa shape index (κ1) is 14.3. The maximum Gasteiger partial charge on any atom is 0.0482 e. The molecule has 0 bridgehead atoms. The highest BCUT2D eigenvalue weighted by molar-refractivity contribution is 9.10. The smallest absolute Gasteiger partial charge is 0.0482 e. The normalized spacial score (nSPS) is 23.0. The van der Waals surface area contributed by atoms with Crippen LogP contribution in [0.5, 0.6) is 0 Å². The summed E-state index contributed by atoms with van der Waals surface area (Å²) in [7, 11) is 0. The SMILES string of the molecule is CC1CCCN(C(CN)c2cc(Cl)ccc2Br)C1. The number of nitrogens with two attached hydrogens (primary N) is 1. The summed E-state index contributed by atoms with van der Waals surface area (Å²) in [4.78, 5) is 2.49. The number of benzene rings is 1. The van der Waals surface area contributed by atoms with Gasteiger partial charge < -0.3 is 5.73 Å². The molecule has 0 spiro atoms. The zero-order chi connectivity index (χ0) is 13.1. The summed E-state index contributed by atoms with van der Waals surface area (Å²) in [6.07, 6.45) is 2.58. The average Bonchev–Trinajstić information content (AvgIpc) is 2.35. The first-order valence-corrected chi connectivity index (χ1v) is 7.68. The second-order valence-corrected chi connectivity index (χ2v) is 6.45. The number of hydrogen-bond donors (Lipinski definition) is 1. The molecule has 2 atom stereocenters. The van der Waals surface area contributed by atoms with Crippen LogP contribution < -0.4 is 5.73 Å². The van der Waals surface area contributed by atoms with Crippen molar-refractivity contribution in [2.45, 2.75) is 25.8 Å². The van der Waals surface area contributed by atoms with Gasteiger partial charge in [-0.2, -0.15) is 0 Å². The average molecular weight is 332 g/mol. The maximum atomic E-state index is 6.11. The van der Waals surface area contributed by atoms with Crippen molar-refractivity contribution in [3.8, 4) is 0 Å². The monoisotopic (exact) mass is 330 g/mol. The van der Waals surface area contributed by atoms with Gasteiger partial charge in [0.15, 0.2) is 0 Å². The van der Waals surface area contributed by atoms with Crippen molar-refractivity contribution >= 4 is 27.5 Å². The number of rotatable bonds is 3. The van der Waals surface area contributed by atoms with Gasteiger partial charge in [0.05, 0.1) is 0 Å². The quantitative estimate of drug-likeness (QED) is 0.912. The second kappa shape index (κ2) is 6.38. The minimum absolute atomic E-state index is 0.265. The fourth-order valence-corrected chi connectivity index (χ4v) is 3.44. The lowest BCUT2D eigenvalue weighted by Crippen LogP contribution is -2.40. The van der Waals surface area contributed by atoms with E-state index < -0.39 is 0 Å². The molecule has 100 valence electrons. The van der Waals surface area contributed by atoms with E-state index in [4.69, 9.17) is 17.3 Å². The standard InChI is InChI=1S/C14H20BrClN2/c1-10-3-2-6-18(9-10)14(8-17)12-7-11(16)4-5-13(12)15/h4-5,7,10,14H,2-3,6,8-9,17H2,1H3. The van der Waals surface area contributed by atoms with Crippen molar-refractivity contribution in [2.75, 3.05) is 19.6 Å². The molecule has 2 N–H and O–H groups in total. The fraction of sp³-hybridized carbons (Fsp3) is 0.571. The summed E-state index contributed by atoms with van der Waals surface area (Å²) in [5.41, 5.74) is 7.20. The van der Waals surface area contributed by atoms with Crippen molar-refractivity contribution in [2.24, 2.45) is 11.7 Å². The molecular weight excluding hydrogens is 312 g/mol. The molecule has 0 amide bonds. The zero-order valence-corrected chi connectivity index (χ0v) is 13.0. The van der Waals surface area contributed by atoms with Crippen LogP contribution in [0.25, 0.3) is 0 Å². The van der Waals surface area contributed by atoms with Crippen molar-refractivity contribution in [1.82, 2.24) is 4.90 Å². The van der Waals surface area contributed by atoms with Gasteiger partial charge in [-0.15, -0.1) is 0 Å². The summed E-state index contributed by atoms with van der Waals surface area (Å²) >= 11 is 9.72. The van der Waals surface area contributed by atoms with Crippen molar-refractivity contribution in [3.05, 3.63) is 33.3 Å². The molecule has 1 aliphatic rings. The molecule has 1 fully saturated rings. The Bertz CT molecular complexity index is 411. The molecule has 2 nitrogen and oxygen atoms in total. The second-order valence-electron chi connectivity index (χ2n) is 5.16. The molecule has 0 aromatic heterocycles. The minimum atomic E-state index is 0.265. The lowest BCUT2D eigenvalue weighted by molar-refractivity contribution is 0.133. The Morgan fingerprint density at radius 3 is 3.00 bits per heavy atom. The van der Waals surface area contributed by atoms with Gasteiger partial charge in [0, 0.05) is 28.6 Å². The molecule has 1 aromatic rings. The van der Waals surface area contributed by atoms with Crippen LogP contribution in [0.4, 0.5) is 0 Å². The van der Waals surface area contributed by atoms with Crippen LogP contribution in [0.15, 0.2) is 22.7 Å². The molecule has 1 saturated heterocycles. The molecule has 2 unspecified atom stereocenters. The van der Waals surface area contributed by atoms with E-state index in [1.165, 1.54) is 18.4 Å². The van der Waals surface area contributed by atoms with Crippen molar-refractivity contribution < 1.29 is 0 Å². The lowest BCUT2D eigenvalue weighted by Gasteiger charge is -2.37. The molecular formula is C14H20BrClN2. The number of halogens is 2. The molecule has 2 rings (SSSR count). The number of nitrogens with zero attached hydrogens (tertiary/aromatic N) is 1. The van der Waals surface area contributed by atoms with E-state index in [1.807, 2.05) is 18.2 Å². The molecule has 1 aliphatic heterocycles. The molecule has 1 heterocycles. The summed E-state index contributed by atoms with van der Waals surface area (Å²) in [5, 5.41) is 0.775. The molecule has 0 aliphatic carbocycles. The van der Waals surface area contributed by atoms with E-state index in [0.29, 0.717) is 6.54 Å². The Kier molecular flexibility index (Phi) is 5.07. The van der Waals surface area contributed by atoms with E-state index in [1.54, 1.807) is 0 Å². The highest BCUT2D eigenvalue weighted by Gasteiger charge is 2.25. The Balaban J connectivity index is 2.24. The van der Waals surface area contributed by atoms with Crippen molar-refractivity contribution in [3.63, 3.8) is 0 Å². The molecule has 4 heteroatoms. The summed E-state index contributed by atoms with van der Waals surface area (Å²) < 4.78 is 1.10. The van der Waals surface area contributed by atoms with Gasteiger partial charge in [-0.25, -0.2) is 0 Å². The largest absolute Gasteiger partial charge is 0.329 e. The predicted molar refractivity (Wildman–Crippen MR) is 80.9 cm³/mol. The highest BCUT2D eigenvalue weighted by atomic mass is 79.9. The van der Waals surface area contributed by atoms with Crippen LogP contribution in [0.1, 0.15) is 31.4 Å². The molecule has 1 aromatic carbocycles. The van der Waals surface area contributed by atoms with E-state index in [2.05, 4.69) is 27.8 Å². The minimum Gasteiger partial charge on any atom is -0.329 e. The van der Waals surface area contributed by atoms with Crippen LogP contribution in [0, 0.1) is 5.92 Å². The lowest BCUT2D eigenvalue weighted by atomic mass is 9.96. The van der Waals surface area contributed by atoms with Crippen LogP contribution in [0.3, 0.4) is 0 Å². The van der Waals surface area contributed by atoms with Gasteiger partial charge in [0.1, 0.15) is 0 Å². The Labute approximate surface area is 123 Å².